The number of pyridine rings is 2. The van der Waals surface area contributed by atoms with Gasteiger partial charge in [0.05, 0.1) is 17.8 Å². The molecule has 6 heteroatoms. The monoisotopic (exact) mass is 338 g/mol. The first-order valence-corrected chi connectivity index (χ1v) is 8.44. The Morgan fingerprint density at radius 3 is 2.80 bits per heavy atom. The zero-order valence-corrected chi connectivity index (χ0v) is 14.5. The van der Waals surface area contributed by atoms with Crippen LogP contribution in [0.5, 0.6) is 0 Å². The van der Waals surface area contributed by atoms with Crippen LogP contribution in [-0.4, -0.2) is 39.3 Å². The largest absolute Gasteiger partial charge is 0.352 e. The van der Waals surface area contributed by atoms with Gasteiger partial charge in [0.25, 0.3) is 5.91 Å². The molecule has 3 rings (SSSR count). The lowest BCUT2D eigenvalue weighted by Gasteiger charge is -2.25. The van der Waals surface area contributed by atoms with Gasteiger partial charge in [-0.3, -0.25) is 19.6 Å². The van der Waals surface area contributed by atoms with Crippen molar-refractivity contribution < 1.29 is 9.59 Å². The number of carbonyl (C=O) groups excluding carboxylic acids is 2. The minimum Gasteiger partial charge on any atom is -0.352 e. The van der Waals surface area contributed by atoms with Gasteiger partial charge in [-0.25, -0.2) is 0 Å². The second-order valence-corrected chi connectivity index (χ2v) is 6.44. The molecule has 3 heterocycles. The Labute approximate surface area is 147 Å². The number of nitrogens with zero attached hydrogens (tertiary/aromatic N) is 3. The highest BCUT2D eigenvalue weighted by molar-refractivity contribution is 5.94. The molecule has 6 nitrogen and oxygen atoms in total. The molecule has 0 spiro atoms. The van der Waals surface area contributed by atoms with Crippen molar-refractivity contribution in [2.45, 2.75) is 39.3 Å². The maximum absolute atomic E-state index is 13.0. The van der Waals surface area contributed by atoms with Crippen LogP contribution in [0.1, 0.15) is 40.2 Å². The van der Waals surface area contributed by atoms with Gasteiger partial charge < -0.3 is 10.2 Å². The average Bonchev–Trinajstić information content (AvgIpc) is 3.02. The molecule has 0 saturated carbocycles. The lowest BCUT2D eigenvalue weighted by Crippen LogP contribution is -2.41. The highest BCUT2D eigenvalue weighted by atomic mass is 16.2. The van der Waals surface area contributed by atoms with E-state index in [1.807, 2.05) is 38.1 Å². The van der Waals surface area contributed by atoms with Crippen molar-refractivity contribution in [1.29, 1.82) is 0 Å². The molecule has 130 valence electrons. The van der Waals surface area contributed by atoms with E-state index in [1.54, 1.807) is 17.3 Å². The summed E-state index contributed by atoms with van der Waals surface area (Å²) < 4.78 is 0. The fourth-order valence-corrected chi connectivity index (χ4v) is 2.93. The molecule has 2 amide bonds. The Bertz CT molecular complexity index is 776. The first-order chi connectivity index (χ1) is 12.0. The van der Waals surface area contributed by atoms with Crippen molar-refractivity contribution in [3.05, 3.63) is 59.2 Å². The van der Waals surface area contributed by atoms with Crippen LogP contribution < -0.4 is 5.32 Å². The number of hydrogen-bond donors (Lipinski definition) is 1. The molecule has 0 aromatic carbocycles. The smallest absolute Gasteiger partial charge is 0.255 e. The van der Waals surface area contributed by atoms with Gasteiger partial charge in [0.15, 0.2) is 0 Å². The van der Waals surface area contributed by atoms with E-state index in [9.17, 15) is 9.59 Å². The topological polar surface area (TPSA) is 75.2 Å². The third-order valence-electron chi connectivity index (χ3n) is 4.48. The molecule has 2 aromatic heterocycles. The fraction of sp³-hybridized carbons (Fsp3) is 0.368. The second-order valence-electron chi connectivity index (χ2n) is 6.44. The Balaban J connectivity index is 1.82. The first-order valence-electron chi connectivity index (χ1n) is 8.44. The molecule has 0 radical (unpaired) electrons. The van der Waals surface area contributed by atoms with Crippen molar-refractivity contribution in [3.8, 4) is 0 Å². The van der Waals surface area contributed by atoms with Crippen LogP contribution in [0.2, 0.25) is 0 Å². The molecule has 1 atom stereocenters. The number of aromatic nitrogens is 2. The van der Waals surface area contributed by atoms with E-state index >= 15 is 0 Å². The van der Waals surface area contributed by atoms with Crippen molar-refractivity contribution in [1.82, 2.24) is 20.2 Å². The molecule has 25 heavy (non-hydrogen) atoms. The molecule has 0 aliphatic carbocycles. The van der Waals surface area contributed by atoms with Gasteiger partial charge in [0.2, 0.25) is 5.91 Å². The van der Waals surface area contributed by atoms with Crippen LogP contribution in [0.3, 0.4) is 0 Å². The van der Waals surface area contributed by atoms with Gasteiger partial charge >= 0.3 is 0 Å². The quantitative estimate of drug-likeness (QED) is 0.905. The van der Waals surface area contributed by atoms with E-state index in [0.29, 0.717) is 25.1 Å². The average molecular weight is 338 g/mol. The minimum absolute atomic E-state index is 0.0142. The van der Waals surface area contributed by atoms with Crippen LogP contribution in [-0.2, 0) is 11.3 Å². The lowest BCUT2D eigenvalue weighted by atomic mass is 10.1. The van der Waals surface area contributed by atoms with E-state index in [0.717, 1.165) is 23.4 Å². The summed E-state index contributed by atoms with van der Waals surface area (Å²) in [4.78, 5) is 34.9. The fourth-order valence-electron chi connectivity index (χ4n) is 2.93. The number of carbonyl (C=O) groups is 2. The first kappa shape index (κ1) is 17.1. The second kappa shape index (κ2) is 7.42. The Kier molecular flexibility index (Phi) is 5.07. The van der Waals surface area contributed by atoms with Crippen molar-refractivity contribution in [3.63, 3.8) is 0 Å². The third-order valence-corrected chi connectivity index (χ3v) is 4.48. The van der Waals surface area contributed by atoms with Crippen molar-refractivity contribution >= 4 is 11.8 Å². The zero-order chi connectivity index (χ0) is 17.8. The minimum atomic E-state index is -0.0950. The molecular formula is C19H22N4O2. The highest BCUT2D eigenvalue weighted by Crippen LogP contribution is 2.15. The summed E-state index contributed by atoms with van der Waals surface area (Å²) in [5.74, 6) is -0.0505. The standard InChI is InChI=1S/C19H22N4O2/c1-13-9-15(10-21-14(13)2)19(25)23(11-16-5-3-4-8-20-16)12-17-6-7-18(24)22-17/h3-5,8-10,17H,6-7,11-12H2,1-2H3,(H,22,24)/t17-/m0/s1. The zero-order valence-electron chi connectivity index (χ0n) is 14.5. The van der Waals surface area contributed by atoms with Gasteiger partial charge in [-0.15, -0.1) is 0 Å². The summed E-state index contributed by atoms with van der Waals surface area (Å²) in [5.41, 5.74) is 3.27. The van der Waals surface area contributed by atoms with E-state index in [2.05, 4.69) is 15.3 Å². The van der Waals surface area contributed by atoms with Gasteiger partial charge in [0.1, 0.15) is 0 Å². The highest BCUT2D eigenvalue weighted by Gasteiger charge is 2.26. The van der Waals surface area contributed by atoms with Crippen LogP contribution in [0.15, 0.2) is 36.7 Å². The molecule has 1 saturated heterocycles. The third kappa shape index (κ3) is 4.21. The summed E-state index contributed by atoms with van der Waals surface area (Å²) in [6, 6.07) is 7.50. The van der Waals surface area contributed by atoms with Crippen molar-refractivity contribution in [2.24, 2.45) is 0 Å². The predicted octanol–water partition coefficient (Wildman–Crippen LogP) is 2.01. The molecule has 0 bridgehead atoms. The molecule has 2 aromatic rings. The summed E-state index contributed by atoms with van der Waals surface area (Å²) in [6.45, 7) is 4.73. The molecule has 1 aliphatic heterocycles. The van der Waals surface area contributed by atoms with E-state index in [-0.39, 0.29) is 17.9 Å². The van der Waals surface area contributed by atoms with Crippen LogP contribution in [0, 0.1) is 13.8 Å². The summed E-state index contributed by atoms with van der Waals surface area (Å²) in [7, 11) is 0. The summed E-state index contributed by atoms with van der Waals surface area (Å²) in [5, 5.41) is 2.93. The van der Waals surface area contributed by atoms with E-state index in [4.69, 9.17) is 0 Å². The Morgan fingerprint density at radius 1 is 1.32 bits per heavy atom. The number of nitrogens with one attached hydrogen (secondary N) is 1. The Hall–Kier alpha value is -2.76. The Morgan fingerprint density at radius 2 is 2.16 bits per heavy atom. The summed E-state index contributed by atoms with van der Waals surface area (Å²) in [6.07, 6.45) is 4.59. The maximum atomic E-state index is 13.0. The van der Waals surface area contributed by atoms with Crippen LogP contribution >= 0.6 is 0 Å². The normalized spacial score (nSPS) is 16.6. The van der Waals surface area contributed by atoms with Crippen LogP contribution in [0.25, 0.3) is 0 Å². The number of aryl methyl sites for hydroxylation is 2. The predicted molar refractivity (Wildman–Crippen MR) is 93.9 cm³/mol. The van der Waals surface area contributed by atoms with Crippen molar-refractivity contribution in [2.75, 3.05) is 6.54 Å². The van der Waals surface area contributed by atoms with E-state index in [1.165, 1.54) is 0 Å². The van der Waals surface area contributed by atoms with Gasteiger partial charge in [-0.05, 0) is 44.0 Å². The molecule has 1 aliphatic rings. The van der Waals surface area contributed by atoms with Crippen LogP contribution in [0.4, 0.5) is 0 Å². The number of rotatable bonds is 5. The number of amides is 2. The van der Waals surface area contributed by atoms with E-state index < -0.39 is 0 Å². The SMILES string of the molecule is Cc1cc(C(=O)N(Cc2ccccn2)C[C@@H]2CCC(=O)N2)cnc1C. The van der Waals surface area contributed by atoms with Gasteiger partial charge in [0, 0.05) is 37.1 Å². The molecule has 1 fully saturated rings. The lowest BCUT2D eigenvalue weighted by molar-refractivity contribution is -0.119. The van der Waals surface area contributed by atoms with Gasteiger partial charge in [-0.1, -0.05) is 6.07 Å². The molecule has 1 N–H and O–H groups in total. The maximum Gasteiger partial charge on any atom is 0.255 e. The van der Waals surface area contributed by atoms with Gasteiger partial charge in [-0.2, -0.15) is 0 Å². The number of hydrogen-bond acceptors (Lipinski definition) is 4. The molecule has 0 unspecified atom stereocenters. The molecular weight excluding hydrogens is 316 g/mol. The summed E-state index contributed by atoms with van der Waals surface area (Å²) >= 11 is 0.